The summed E-state index contributed by atoms with van der Waals surface area (Å²) in [6.07, 6.45) is 0. The summed E-state index contributed by atoms with van der Waals surface area (Å²) < 4.78 is 0. The van der Waals surface area contributed by atoms with Crippen molar-refractivity contribution in [3.8, 4) is 89.0 Å². The van der Waals surface area contributed by atoms with Crippen molar-refractivity contribution in [1.82, 2.24) is 0 Å². The van der Waals surface area contributed by atoms with Gasteiger partial charge in [-0.25, -0.2) is 0 Å². The predicted octanol–water partition coefficient (Wildman–Crippen LogP) is 19.7. The Bertz CT molecular complexity index is 4290. The van der Waals surface area contributed by atoms with E-state index in [2.05, 4.69) is 243 Å². The third-order valence-electron chi connectivity index (χ3n) is 15.9. The van der Waals surface area contributed by atoms with Crippen LogP contribution in [0.5, 0.6) is 0 Å². The van der Waals surface area contributed by atoms with Gasteiger partial charge in [0.05, 0.1) is 0 Å². The van der Waals surface area contributed by atoms with E-state index < -0.39 is 0 Å². The Hall–Kier alpha value is -9.10. The number of hydrogen-bond acceptors (Lipinski definition) is 0. The third kappa shape index (κ3) is 5.31. The first kappa shape index (κ1) is 37.9. The van der Waals surface area contributed by atoms with Gasteiger partial charge in [-0.1, -0.05) is 206 Å². The van der Waals surface area contributed by atoms with Crippen LogP contribution in [0.25, 0.3) is 164 Å². The molecule has 0 amide bonds. The molecule has 14 aromatic rings. The fourth-order valence-corrected chi connectivity index (χ4v) is 12.7. The monoisotopic (exact) mass is 880 g/mol. The Morgan fingerprint density at radius 2 is 0.457 bits per heavy atom. The zero-order valence-electron chi connectivity index (χ0n) is 38.1. The quantitative estimate of drug-likeness (QED) is 0.155. The molecule has 0 aliphatic heterocycles. The Morgan fingerprint density at radius 1 is 0.143 bits per heavy atom. The van der Waals surface area contributed by atoms with Gasteiger partial charge in [0.15, 0.2) is 0 Å². The van der Waals surface area contributed by atoms with E-state index >= 15 is 0 Å². The molecule has 0 radical (unpaired) electrons. The van der Waals surface area contributed by atoms with Crippen molar-refractivity contribution in [2.24, 2.45) is 0 Å². The van der Waals surface area contributed by atoms with E-state index in [4.69, 9.17) is 0 Å². The summed E-state index contributed by atoms with van der Waals surface area (Å²) in [6.45, 7) is 0. The number of fused-ring (bicyclic) bond motifs is 13. The number of rotatable bonds is 4. The smallest absolute Gasteiger partial charge is 0.00201 e. The van der Waals surface area contributed by atoms with Crippen LogP contribution in [0.3, 0.4) is 0 Å². The van der Waals surface area contributed by atoms with Crippen molar-refractivity contribution in [1.29, 1.82) is 0 Å². The summed E-state index contributed by atoms with van der Waals surface area (Å²) in [6, 6.07) is 91.5. The standard InChI is InChI=1S/C70H40/c1-3-13-54-52(11-1)62-21-9-19-58-50(31-33-64(54)69(58)62)43-27-23-41-25-29-45(37-47(41)35-43)66-39-49-40-67(57-16-6-8-18-61(57)68(49)60-17-7-5-15-56(60)66)46-30-26-42-24-28-44(36-48(42)38-46)51-32-34-65-55-14-4-2-12-53(55)63-22-10-20-59(51)70(63)65/h1-40H. The van der Waals surface area contributed by atoms with Gasteiger partial charge in [0.1, 0.15) is 0 Å². The molecule has 2 aliphatic rings. The van der Waals surface area contributed by atoms with Gasteiger partial charge in [0.25, 0.3) is 0 Å². The topological polar surface area (TPSA) is 0 Å². The van der Waals surface area contributed by atoms with Gasteiger partial charge in [-0.3, -0.25) is 0 Å². The average Bonchev–Trinajstić information content (AvgIpc) is 3.94. The summed E-state index contributed by atoms with van der Waals surface area (Å²) in [4.78, 5) is 0. The van der Waals surface area contributed by atoms with Crippen LogP contribution in [-0.4, -0.2) is 0 Å². The highest BCUT2D eigenvalue weighted by Crippen LogP contribution is 2.51. The van der Waals surface area contributed by atoms with Crippen LogP contribution in [0.1, 0.15) is 0 Å². The first-order valence-electron chi connectivity index (χ1n) is 24.5. The minimum Gasteiger partial charge on any atom is -0.0616 e. The zero-order chi connectivity index (χ0) is 45.6. The first-order valence-corrected chi connectivity index (χ1v) is 24.5. The second kappa shape index (κ2) is 14.2. The van der Waals surface area contributed by atoms with Crippen LogP contribution in [0.15, 0.2) is 243 Å². The van der Waals surface area contributed by atoms with Crippen LogP contribution >= 0.6 is 0 Å². The van der Waals surface area contributed by atoms with E-state index in [-0.39, 0.29) is 0 Å². The predicted molar refractivity (Wildman–Crippen MR) is 300 cm³/mol. The summed E-state index contributed by atoms with van der Waals surface area (Å²) in [5.74, 6) is 0. The minimum absolute atomic E-state index is 1.22. The molecule has 0 nitrogen and oxygen atoms in total. The Morgan fingerprint density at radius 3 is 0.871 bits per heavy atom. The van der Waals surface area contributed by atoms with Crippen LogP contribution < -0.4 is 0 Å². The molecule has 0 saturated carbocycles. The molecule has 320 valence electrons. The van der Waals surface area contributed by atoms with Gasteiger partial charge in [-0.15, -0.1) is 0 Å². The molecule has 0 aromatic heterocycles. The molecule has 14 aromatic carbocycles. The van der Waals surface area contributed by atoms with Gasteiger partial charge < -0.3 is 0 Å². The van der Waals surface area contributed by atoms with Gasteiger partial charge in [0.2, 0.25) is 0 Å². The molecule has 0 heteroatoms. The molecule has 0 fully saturated rings. The Balaban J connectivity index is 0.839. The molecule has 0 bridgehead atoms. The minimum atomic E-state index is 1.22. The second-order valence-electron chi connectivity index (χ2n) is 19.5. The largest absolute Gasteiger partial charge is 0.0616 e. The van der Waals surface area contributed by atoms with E-state index in [1.165, 1.54) is 164 Å². The van der Waals surface area contributed by atoms with E-state index in [1.807, 2.05) is 0 Å². The van der Waals surface area contributed by atoms with Crippen LogP contribution in [0, 0.1) is 0 Å². The average molecular weight is 881 g/mol. The molecule has 0 N–H and O–H groups in total. The highest BCUT2D eigenvalue weighted by Gasteiger charge is 2.24. The molecule has 0 heterocycles. The molecule has 16 rings (SSSR count). The van der Waals surface area contributed by atoms with Crippen molar-refractivity contribution in [3.05, 3.63) is 243 Å². The maximum absolute atomic E-state index is 2.45. The first-order chi connectivity index (χ1) is 34.7. The van der Waals surface area contributed by atoms with Crippen molar-refractivity contribution >= 4 is 75.4 Å². The summed E-state index contributed by atoms with van der Waals surface area (Å²) in [5, 5.41) is 17.9. The molecule has 2 aliphatic carbocycles. The third-order valence-corrected chi connectivity index (χ3v) is 15.9. The zero-order valence-corrected chi connectivity index (χ0v) is 38.1. The lowest BCUT2D eigenvalue weighted by molar-refractivity contribution is 1.66. The molecule has 70 heavy (non-hydrogen) atoms. The van der Waals surface area contributed by atoms with E-state index in [1.54, 1.807) is 0 Å². The maximum Gasteiger partial charge on any atom is -0.00201 e. The van der Waals surface area contributed by atoms with E-state index in [9.17, 15) is 0 Å². The van der Waals surface area contributed by atoms with Gasteiger partial charge in [-0.2, -0.15) is 0 Å². The van der Waals surface area contributed by atoms with Gasteiger partial charge in [-0.05, 0) is 201 Å². The highest BCUT2D eigenvalue weighted by atomic mass is 14.3. The molecule has 0 spiro atoms. The lowest BCUT2D eigenvalue weighted by Gasteiger charge is -2.17. The summed E-state index contributed by atoms with van der Waals surface area (Å²) in [5.41, 5.74) is 20.6. The molecule has 0 unspecified atom stereocenters. The van der Waals surface area contributed by atoms with Crippen molar-refractivity contribution < 1.29 is 0 Å². The van der Waals surface area contributed by atoms with E-state index in [0.717, 1.165) is 0 Å². The lowest BCUT2D eigenvalue weighted by Crippen LogP contribution is -1.90. The van der Waals surface area contributed by atoms with Gasteiger partial charge in [0, 0.05) is 0 Å². The molecule has 0 atom stereocenters. The van der Waals surface area contributed by atoms with Crippen molar-refractivity contribution in [2.75, 3.05) is 0 Å². The van der Waals surface area contributed by atoms with Crippen LogP contribution in [0.2, 0.25) is 0 Å². The number of hydrogen-bond donors (Lipinski definition) is 0. The summed E-state index contributed by atoms with van der Waals surface area (Å²) in [7, 11) is 0. The van der Waals surface area contributed by atoms with Gasteiger partial charge >= 0.3 is 0 Å². The second-order valence-corrected chi connectivity index (χ2v) is 19.5. The van der Waals surface area contributed by atoms with Crippen LogP contribution in [-0.2, 0) is 0 Å². The number of benzene rings is 14. The lowest BCUT2D eigenvalue weighted by atomic mass is 9.86. The van der Waals surface area contributed by atoms with E-state index in [0.29, 0.717) is 0 Å². The molecule has 0 saturated heterocycles. The molecular formula is C70H40. The maximum atomic E-state index is 2.45. The Labute approximate surface area is 405 Å². The van der Waals surface area contributed by atoms with Crippen LogP contribution in [0.4, 0.5) is 0 Å². The molecular weight excluding hydrogens is 841 g/mol. The summed E-state index contributed by atoms with van der Waals surface area (Å²) >= 11 is 0. The SMILES string of the molecule is c1ccc2c(c1)-c1cccc3c(-c4ccc5ccc(-c6cc7cc(-c8ccc9ccc(-c%10ccc%11c%12c(cccc%10%12)-c%10ccccc%10-%11)cc9c8)c8ccccc8c7c7ccccc67)cc5c4)ccc-2c13. The fourth-order valence-electron chi connectivity index (χ4n) is 12.7. The highest BCUT2D eigenvalue weighted by molar-refractivity contribution is 6.26. The fraction of sp³-hybridized carbons (Fsp3) is 0. The Kier molecular flexibility index (Phi) is 7.70. The normalized spacial score (nSPS) is 12.3. The van der Waals surface area contributed by atoms with Crippen molar-refractivity contribution in [2.45, 2.75) is 0 Å². The van der Waals surface area contributed by atoms with Crippen molar-refractivity contribution in [3.63, 3.8) is 0 Å².